The number of aromatic amines is 1. The highest BCUT2D eigenvalue weighted by molar-refractivity contribution is 5.78. The zero-order valence-electron chi connectivity index (χ0n) is 16.7. The highest BCUT2D eigenvalue weighted by Gasteiger charge is 2.21. The van der Waals surface area contributed by atoms with Crippen LogP contribution in [0.25, 0.3) is 11.2 Å². The molecule has 152 valence electrons. The number of aryl methyl sites for hydroxylation is 2. The van der Waals surface area contributed by atoms with Crippen LogP contribution in [-0.2, 0) is 24.3 Å². The molecule has 0 atom stereocenters. The minimum Gasteiger partial charge on any atom is -0.325 e. The molecule has 2 heterocycles. The van der Waals surface area contributed by atoms with Gasteiger partial charge in [0.05, 0.1) is 12.9 Å². The van der Waals surface area contributed by atoms with E-state index in [-0.39, 0.29) is 0 Å². The van der Waals surface area contributed by atoms with Gasteiger partial charge in [-0.25, -0.2) is 9.78 Å². The van der Waals surface area contributed by atoms with Crippen LogP contribution in [0.3, 0.4) is 0 Å². The molecule has 4 rings (SSSR count). The zero-order chi connectivity index (χ0) is 20.4. The third-order valence-corrected chi connectivity index (χ3v) is 5.68. The van der Waals surface area contributed by atoms with E-state index < -0.39 is 11.2 Å². The number of Topliss-reactive ketones (excluding diaryl/α,β-unsaturated/α-hetero) is 1. The van der Waals surface area contributed by atoms with Crippen molar-refractivity contribution in [2.24, 2.45) is 5.92 Å². The van der Waals surface area contributed by atoms with Crippen molar-refractivity contribution in [2.75, 3.05) is 0 Å². The molecule has 0 amide bonds. The molecule has 0 unspecified atom stereocenters. The lowest BCUT2D eigenvalue weighted by molar-refractivity contribution is -0.119. The Bertz CT molecular complexity index is 1130. The summed E-state index contributed by atoms with van der Waals surface area (Å²) in [6.45, 7) is 2.85. The maximum Gasteiger partial charge on any atom is 0.330 e. The highest BCUT2D eigenvalue weighted by Crippen LogP contribution is 2.33. The molecule has 1 aromatic carbocycles. The van der Waals surface area contributed by atoms with Gasteiger partial charge in [0, 0.05) is 19.4 Å². The van der Waals surface area contributed by atoms with Crippen molar-refractivity contribution in [3.05, 3.63) is 62.6 Å². The largest absolute Gasteiger partial charge is 0.330 e. The number of hydrogen-bond acceptors (Lipinski definition) is 4. The number of ketones is 1. The van der Waals surface area contributed by atoms with Crippen molar-refractivity contribution in [1.29, 1.82) is 0 Å². The summed E-state index contributed by atoms with van der Waals surface area (Å²) >= 11 is 0. The summed E-state index contributed by atoms with van der Waals surface area (Å²) in [7, 11) is 0. The summed E-state index contributed by atoms with van der Waals surface area (Å²) in [5.74, 6) is 1.14. The van der Waals surface area contributed by atoms with E-state index in [4.69, 9.17) is 0 Å². The van der Waals surface area contributed by atoms with E-state index in [1.807, 2.05) is 31.2 Å². The Hall–Kier alpha value is -2.96. The summed E-state index contributed by atoms with van der Waals surface area (Å²) < 4.78 is 3.22. The average molecular weight is 394 g/mol. The number of H-pyrrole nitrogens is 1. The second kappa shape index (κ2) is 8.19. The summed E-state index contributed by atoms with van der Waals surface area (Å²) in [6.07, 6.45) is 7.25. The summed E-state index contributed by atoms with van der Waals surface area (Å²) in [5, 5.41) is 0. The molecule has 29 heavy (non-hydrogen) atoms. The van der Waals surface area contributed by atoms with Crippen molar-refractivity contribution >= 4 is 16.9 Å². The number of carbonyl (C=O) groups is 1. The fourth-order valence-electron chi connectivity index (χ4n) is 3.68. The second-order valence-electron chi connectivity index (χ2n) is 7.89. The van der Waals surface area contributed by atoms with Crippen molar-refractivity contribution < 1.29 is 4.79 Å². The Morgan fingerprint density at radius 2 is 1.86 bits per heavy atom. The molecule has 0 aliphatic heterocycles. The topological polar surface area (TPSA) is 89.8 Å². The number of carbonyl (C=O) groups excluding carboxylic acids is 1. The van der Waals surface area contributed by atoms with Crippen LogP contribution in [0, 0.1) is 5.92 Å². The maximum absolute atomic E-state index is 12.3. The molecule has 0 spiro atoms. The molecule has 1 aliphatic carbocycles. The molecule has 0 radical (unpaired) electrons. The Morgan fingerprint density at radius 1 is 1.14 bits per heavy atom. The maximum atomic E-state index is 12.3. The van der Waals surface area contributed by atoms with Gasteiger partial charge in [-0.05, 0) is 36.8 Å². The minimum absolute atomic E-state index is 0.327. The van der Waals surface area contributed by atoms with Crippen molar-refractivity contribution in [1.82, 2.24) is 19.1 Å². The van der Waals surface area contributed by atoms with Crippen molar-refractivity contribution in [3.8, 4) is 0 Å². The number of hydrogen-bond donors (Lipinski definition) is 1. The first-order valence-corrected chi connectivity index (χ1v) is 10.3. The van der Waals surface area contributed by atoms with E-state index in [9.17, 15) is 14.4 Å². The van der Waals surface area contributed by atoms with E-state index >= 15 is 0 Å². The van der Waals surface area contributed by atoms with Gasteiger partial charge in [-0.2, -0.15) is 0 Å². The van der Waals surface area contributed by atoms with Crippen LogP contribution in [0.5, 0.6) is 0 Å². The third kappa shape index (κ3) is 4.39. The molecule has 1 saturated carbocycles. The Balaban J connectivity index is 1.45. The number of aromatic nitrogens is 4. The van der Waals surface area contributed by atoms with Gasteiger partial charge in [-0.3, -0.25) is 19.1 Å². The lowest BCUT2D eigenvalue weighted by Gasteiger charge is -2.08. The number of nitrogens with zero attached hydrogens (tertiary/aromatic N) is 3. The number of nitrogens with one attached hydrogen (secondary N) is 1. The van der Waals surface area contributed by atoms with E-state index in [1.165, 1.54) is 17.4 Å². The van der Waals surface area contributed by atoms with Gasteiger partial charge >= 0.3 is 5.69 Å². The fourth-order valence-corrected chi connectivity index (χ4v) is 3.68. The molecule has 3 aromatic rings. The Morgan fingerprint density at radius 3 is 2.55 bits per heavy atom. The third-order valence-electron chi connectivity index (χ3n) is 5.68. The standard InChI is InChI=1S/C22H26N4O3/c1-2-25-14-23-20-19(25)21(28)24-22(29)26(20)13-17-7-5-16(6-8-17)10-12-18(27)11-9-15-3-4-15/h5-8,14-15H,2-4,9-13H2,1H3,(H,24,28,29). The first-order valence-electron chi connectivity index (χ1n) is 10.3. The monoisotopic (exact) mass is 394 g/mol. The number of fused-ring (bicyclic) bond motifs is 1. The molecule has 7 heteroatoms. The van der Waals surface area contributed by atoms with Crippen LogP contribution in [-0.4, -0.2) is 24.9 Å². The summed E-state index contributed by atoms with van der Waals surface area (Å²) in [6, 6.07) is 7.93. The van der Waals surface area contributed by atoms with Crippen LogP contribution in [0.15, 0.2) is 40.2 Å². The first-order chi connectivity index (χ1) is 14.0. The number of benzene rings is 1. The number of rotatable bonds is 9. The molecule has 0 bridgehead atoms. The molecule has 7 nitrogen and oxygen atoms in total. The van der Waals surface area contributed by atoms with Gasteiger partial charge in [0.25, 0.3) is 5.56 Å². The van der Waals surface area contributed by atoms with Gasteiger partial charge in [0.2, 0.25) is 0 Å². The van der Waals surface area contributed by atoms with Crippen molar-refractivity contribution in [3.63, 3.8) is 0 Å². The molecular formula is C22H26N4O3. The smallest absolute Gasteiger partial charge is 0.325 e. The average Bonchev–Trinajstić information content (AvgIpc) is 3.45. The van der Waals surface area contributed by atoms with Gasteiger partial charge in [-0.1, -0.05) is 37.1 Å². The molecule has 0 saturated heterocycles. The van der Waals surface area contributed by atoms with E-state index in [0.717, 1.165) is 29.9 Å². The summed E-state index contributed by atoms with van der Waals surface area (Å²) in [4.78, 5) is 43.1. The van der Waals surface area contributed by atoms with Gasteiger partial charge in [0.1, 0.15) is 5.78 Å². The van der Waals surface area contributed by atoms with Crippen LogP contribution in [0.4, 0.5) is 0 Å². The molecule has 1 fully saturated rings. The molecule has 2 aromatic heterocycles. The molecular weight excluding hydrogens is 368 g/mol. The summed E-state index contributed by atoms with van der Waals surface area (Å²) in [5.41, 5.74) is 1.98. The number of imidazole rings is 1. The van der Waals surface area contributed by atoms with Gasteiger partial charge < -0.3 is 4.57 Å². The van der Waals surface area contributed by atoms with Gasteiger partial charge in [-0.15, -0.1) is 0 Å². The lowest BCUT2D eigenvalue weighted by Crippen LogP contribution is -2.31. The van der Waals surface area contributed by atoms with Crippen LogP contribution >= 0.6 is 0 Å². The SMILES string of the molecule is CCn1cnc2c1c(=O)[nH]c(=O)n2Cc1ccc(CCC(=O)CCC2CC2)cc1. The lowest BCUT2D eigenvalue weighted by atomic mass is 10.0. The Labute approximate surface area is 168 Å². The van der Waals surface area contributed by atoms with E-state index in [0.29, 0.717) is 42.9 Å². The van der Waals surface area contributed by atoms with Gasteiger partial charge in [0.15, 0.2) is 11.2 Å². The van der Waals surface area contributed by atoms with Crippen LogP contribution in [0.1, 0.15) is 50.2 Å². The second-order valence-corrected chi connectivity index (χ2v) is 7.89. The fraction of sp³-hybridized carbons (Fsp3) is 0.455. The predicted molar refractivity (Wildman–Crippen MR) is 111 cm³/mol. The van der Waals surface area contributed by atoms with E-state index in [2.05, 4.69) is 9.97 Å². The normalized spacial score (nSPS) is 13.8. The molecule has 1 aliphatic rings. The zero-order valence-corrected chi connectivity index (χ0v) is 16.7. The predicted octanol–water partition coefficient (Wildman–Crippen LogP) is 2.65. The molecule has 1 N–H and O–H groups in total. The minimum atomic E-state index is -0.464. The van der Waals surface area contributed by atoms with Crippen LogP contribution in [0.2, 0.25) is 0 Å². The first kappa shape index (κ1) is 19.4. The van der Waals surface area contributed by atoms with Crippen LogP contribution < -0.4 is 11.2 Å². The highest BCUT2D eigenvalue weighted by atomic mass is 16.2. The van der Waals surface area contributed by atoms with Crippen molar-refractivity contribution in [2.45, 2.75) is 58.5 Å². The van der Waals surface area contributed by atoms with E-state index in [1.54, 1.807) is 10.9 Å². The Kier molecular flexibility index (Phi) is 5.47. The quantitative estimate of drug-likeness (QED) is 0.604.